The highest BCUT2D eigenvalue weighted by molar-refractivity contribution is 5.67. The predicted octanol–water partition coefficient (Wildman–Crippen LogP) is 4.38. The van der Waals surface area contributed by atoms with E-state index in [1.807, 2.05) is 20.8 Å². The van der Waals surface area contributed by atoms with Crippen LogP contribution in [-0.2, 0) is 4.74 Å². The van der Waals surface area contributed by atoms with Crippen LogP contribution in [0, 0.1) is 0 Å². The highest BCUT2D eigenvalue weighted by Gasteiger charge is 2.15. The number of hydrogen-bond acceptors (Lipinski definition) is 3. The van der Waals surface area contributed by atoms with Crippen LogP contribution in [0.1, 0.15) is 71.0 Å². The first-order valence-corrected chi connectivity index (χ1v) is 8.49. The van der Waals surface area contributed by atoms with Crippen LogP contribution in [-0.4, -0.2) is 24.8 Å². The van der Waals surface area contributed by atoms with Gasteiger partial charge in [0.05, 0.1) is 0 Å². The number of hydrogen-bond donors (Lipinski definition) is 2. The number of carbonyl (C=O) groups excluding carboxylic acids is 1. The maximum absolute atomic E-state index is 11.5. The smallest absolute Gasteiger partial charge is 0.407 e. The van der Waals surface area contributed by atoms with Gasteiger partial charge in [-0.05, 0) is 57.7 Å². The monoisotopic (exact) mass is 320 g/mol. The molecule has 0 fully saturated rings. The van der Waals surface area contributed by atoms with Gasteiger partial charge in [-0.2, -0.15) is 0 Å². The third-order valence-corrected chi connectivity index (χ3v) is 3.58. The molecule has 23 heavy (non-hydrogen) atoms. The lowest BCUT2D eigenvalue weighted by Crippen LogP contribution is -2.34. The molecule has 0 saturated carbocycles. The maximum Gasteiger partial charge on any atom is 0.407 e. The average Bonchev–Trinajstić information content (AvgIpc) is 2.45. The molecule has 1 rings (SSSR count). The predicted molar refractivity (Wildman–Crippen MR) is 95.8 cm³/mol. The first kappa shape index (κ1) is 19.5. The van der Waals surface area contributed by atoms with Gasteiger partial charge in [-0.3, -0.25) is 0 Å². The molecular weight excluding hydrogens is 288 g/mol. The Balaban J connectivity index is 2.24. The van der Waals surface area contributed by atoms with Crippen molar-refractivity contribution in [2.75, 3.05) is 13.1 Å². The normalized spacial score (nSPS) is 13.0. The summed E-state index contributed by atoms with van der Waals surface area (Å²) in [5, 5.41) is 6.25. The summed E-state index contributed by atoms with van der Waals surface area (Å²) in [6.07, 6.45) is 0.517. The van der Waals surface area contributed by atoms with Crippen LogP contribution in [0.15, 0.2) is 24.3 Å². The van der Waals surface area contributed by atoms with E-state index in [1.165, 1.54) is 11.1 Å². The molecule has 130 valence electrons. The van der Waals surface area contributed by atoms with Crippen LogP contribution < -0.4 is 10.6 Å². The lowest BCUT2D eigenvalue weighted by Gasteiger charge is -2.20. The summed E-state index contributed by atoms with van der Waals surface area (Å²) >= 11 is 0. The van der Waals surface area contributed by atoms with Gasteiger partial charge >= 0.3 is 6.09 Å². The van der Waals surface area contributed by atoms with E-state index < -0.39 is 5.60 Å². The zero-order valence-electron chi connectivity index (χ0n) is 15.4. The molecule has 0 saturated heterocycles. The standard InChI is InChI=1S/C19H32N2O2/c1-14(2)16-8-10-17(11-9-16)15(3)20-12-7-13-21-18(22)23-19(4,5)6/h8-11,14-15,20H,7,12-13H2,1-6H3,(H,21,22). The van der Waals surface area contributed by atoms with Crippen LogP contribution in [0.3, 0.4) is 0 Å². The largest absolute Gasteiger partial charge is 0.444 e. The SMILES string of the molecule is CC(C)c1ccc(C(C)NCCCNC(=O)OC(C)(C)C)cc1. The Hall–Kier alpha value is -1.55. The third-order valence-electron chi connectivity index (χ3n) is 3.58. The molecule has 1 atom stereocenters. The zero-order valence-corrected chi connectivity index (χ0v) is 15.4. The summed E-state index contributed by atoms with van der Waals surface area (Å²) in [5.41, 5.74) is 2.20. The Labute approximate surface area is 141 Å². The van der Waals surface area contributed by atoms with Gasteiger partial charge < -0.3 is 15.4 Å². The highest BCUT2D eigenvalue weighted by atomic mass is 16.6. The van der Waals surface area contributed by atoms with Crippen molar-refractivity contribution in [1.29, 1.82) is 0 Å². The summed E-state index contributed by atoms with van der Waals surface area (Å²) in [4.78, 5) is 11.5. The molecule has 4 nitrogen and oxygen atoms in total. The minimum Gasteiger partial charge on any atom is -0.444 e. The van der Waals surface area contributed by atoms with Crippen LogP contribution in [0.2, 0.25) is 0 Å². The molecule has 1 aromatic carbocycles. The molecule has 1 aromatic rings. The molecule has 0 bridgehead atoms. The fourth-order valence-electron chi connectivity index (χ4n) is 2.20. The van der Waals surface area contributed by atoms with Crippen molar-refractivity contribution < 1.29 is 9.53 Å². The molecular formula is C19H32N2O2. The van der Waals surface area contributed by atoms with E-state index in [2.05, 4.69) is 55.7 Å². The molecule has 0 heterocycles. The van der Waals surface area contributed by atoms with Crippen molar-refractivity contribution in [2.24, 2.45) is 0 Å². The van der Waals surface area contributed by atoms with Crippen LogP contribution in [0.4, 0.5) is 4.79 Å². The fraction of sp³-hybridized carbons (Fsp3) is 0.632. The molecule has 4 heteroatoms. The highest BCUT2D eigenvalue weighted by Crippen LogP contribution is 2.18. The number of alkyl carbamates (subject to hydrolysis) is 1. The van der Waals surface area contributed by atoms with E-state index in [9.17, 15) is 4.79 Å². The summed E-state index contributed by atoms with van der Waals surface area (Å²) in [5.74, 6) is 0.561. The first-order valence-electron chi connectivity index (χ1n) is 8.49. The molecule has 0 aliphatic heterocycles. The average molecular weight is 320 g/mol. The summed E-state index contributed by atoms with van der Waals surface area (Å²) < 4.78 is 5.19. The number of amides is 1. The van der Waals surface area contributed by atoms with Gasteiger partial charge in [-0.1, -0.05) is 38.1 Å². The Morgan fingerprint density at radius 3 is 2.13 bits per heavy atom. The van der Waals surface area contributed by atoms with Crippen molar-refractivity contribution in [3.63, 3.8) is 0 Å². The van der Waals surface area contributed by atoms with Crippen molar-refractivity contribution in [3.8, 4) is 0 Å². The Kier molecular flexibility index (Phi) is 7.56. The number of benzene rings is 1. The summed E-state index contributed by atoms with van der Waals surface area (Å²) in [6, 6.07) is 9.07. The molecule has 2 N–H and O–H groups in total. The second kappa shape index (κ2) is 8.92. The van der Waals surface area contributed by atoms with Gasteiger partial charge in [0.2, 0.25) is 0 Å². The molecule has 0 radical (unpaired) electrons. The minimum absolute atomic E-state index is 0.303. The quantitative estimate of drug-likeness (QED) is 0.733. The molecule has 0 aliphatic rings. The van der Waals surface area contributed by atoms with Crippen molar-refractivity contribution in [1.82, 2.24) is 10.6 Å². The van der Waals surface area contributed by atoms with E-state index in [0.29, 0.717) is 18.5 Å². The zero-order chi connectivity index (χ0) is 17.5. The first-order chi connectivity index (χ1) is 10.7. The molecule has 0 spiro atoms. The minimum atomic E-state index is -0.445. The van der Waals surface area contributed by atoms with E-state index in [0.717, 1.165) is 13.0 Å². The van der Waals surface area contributed by atoms with Gasteiger partial charge in [0.1, 0.15) is 5.60 Å². The molecule has 1 amide bonds. The number of carbonyl (C=O) groups is 1. The van der Waals surface area contributed by atoms with Crippen molar-refractivity contribution in [2.45, 2.75) is 65.5 Å². The Morgan fingerprint density at radius 2 is 1.61 bits per heavy atom. The summed E-state index contributed by atoms with van der Waals surface area (Å²) in [6.45, 7) is 13.6. The molecule has 0 aliphatic carbocycles. The van der Waals surface area contributed by atoms with Crippen molar-refractivity contribution >= 4 is 6.09 Å². The van der Waals surface area contributed by atoms with Gasteiger partial charge in [0.25, 0.3) is 0 Å². The maximum atomic E-state index is 11.5. The third kappa shape index (κ3) is 8.03. The van der Waals surface area contributed by atoms with Crippen LogP contribution in [0.5, 0.6) is 0 Å². The lowest BCUT2D eigenvalue weighted by molar-refractivity contribution is 0.0527. The van der Waals surface area contributed by atoms with Gasteiger partial charge in [0, 0.05) is 12.6 Å². The lowest BCUT2D eigenvalue weighted by atomic mass is 9.99. The van der Waals surface area contributed by atoms with Crippen LogP contribution in [0.25, 0.3) is 0 Å². The second-order valence-corrected chi connectivity index (χ2v) is 7.28. The Bertz CT molecular complexity index is 475. The molecule has 1 unspecified atom stereocenters. The summed E-state index contributed by atoms with van der Waals surface area (Å²) in [7, 11) is 0. The van der Waals surface area contributed by atoms with E-state index in [1.54, 1.807) is 0 Å². The van der Waals surface area contributed by atoms with Gasteiger partial charge in [0.15, 0.2) is 0 Å². The fourth-order valence-corrected chi connectivity index (χ4v) is 2.20. The van der Waals surface area contributed by atoms with E-state index in [-0.39, 0.29) is 6.09 Å². The van der Waals surface area contributed by atoms with Gasteiger partial charge in [-0.15, -0.1) is 0 Å². The van der Waals surface area contributed by atoms with E-state index in [4.69, 9.17) is 4.74 Å². The van der Waals surface area contributed by atoms with Crippen LogP contribution >= 0.6 is 0 Å². The second-order valence-electron chi connectivity index (χ2n) is 7.28. The number of nitrogens with one attached hydrogen (secondary N) is 2. The van der Waals surface area contributed by atoms with E-state index >= 15 is 0 Å². The number of rotatable bonds is 7. The Morgan fingerprint density at radius 1 is 1.04 bits per heavy atom. The molecule has 0 aromatic heterocycles. The number of ether oxygens (including phenoxy) is 1. The van der Waals surface area contributed by atoms with Crippen molar-refractivity contribution in [3.05, 3.63) is 35.4 Å². The van der Waals surface area contributed by atoms with Gasteiger partial charge in [-0.25, -0.2) is 4.79 Å². The topological polar surface area (TPSA) is 50.4 Å².